The second-order valence-electron chi connectivity index (χ2n) is 18.7. The van der Waals surface area contributed by atoms with E-state index in [1.165, 1.54) is 38.9 Å². The molecule has 0 aromatic heterocycles. The molecule has 3 nitrogen and oxygen atoms in total. The maximum atomic E-state index is 6.92. The minimum atomic E-state index is 0.164. The fourth-order valence-electron chi connectivity index (χ4n) is 8.03. The minimum Gasteiger partial charge on any atom is -0.489 e. The van der Waals surface area contributed by atoms with Crippen LogP contribution in [0.25, 0.3) is 0 Å². The van der Waals surface area contributed by atoms with Gasteiger partial charge in [0, 0.05) is 34.9 Å². The van der Waals surface area contributed by atoms with E-state index >= 15 is 0 Å². The van der Waals surface area contributed by atoms with E-state index in [-0.39, 0.29) is 10.8 Å². The lowest BCUT2D eigenvalue weighted by Crippen LogP contribution is -2.23. The van der Waals surface area contributed by atoms with Gasteiger partial charge in [-0.25, -0.2) is 0 Å². The quantitative estimate of drug-likeness (QED) is 0.131. The van der Waals surface area contributed by atoms with E-state index in [4.69, 9.17) is 4.74 Å². The van der Waals surface area contributed by atoms with Crippen molar-refractivity contribution in [2.45, 2.75) is 109 Å². The molecular weight excluding hydrogens is 693 g/mol. The van der Waals surface area contributed by atoms with Crippen molar-refractivity contribution in [3.05, 3.63) is 171 Å². The van der Waals surface area contributed by atoms with Crippen molar-refractivity contribution in [2.24, 2.45) is 10.8 Å². The Bertz CT molecular complexity index is 2210. The second-order valence-corrected chi connectivity index (χ2v) is 18.7. The number of nitrogens with zero attached hydrogens (tertiary/aromatic N) is 2. The summed E-state index contributed by atoms with van der Waals surface area (Å²) >= 11 is 0. The Hall–Kier alpha value is -5.28. The summed E-state index contributed by atoms with van der Waals surface area (Å²) in [7, 11) is 0. The first-order valence-corrected chi connectivity index (χ1v) is 20.6. The van der Waals surface area contributed by atoms with Crippen LogP contribution in [0.15, 0.2) is 121 Å². The summed E-state index contributed by atoms with van der Waals surface area (Å²) in [6.45, 7) is 30.0. The van der Waals surface area contributed by atoms with Gasteiger partial charge in [-0.1, -0.05) is 114 Å². The van der Waals surface area contributed by atoms with Crippen LogP contribution in [0.2, 0.25) is 0 Å². The Morgan fingerprint density at radius 2 is 0.947 bits per heavy atom. The topological polar surface area (TPSA) is 15.7 Å². The molecule has 57 heavy (non-hydrogen) atoms. The highest BCUT2D eigenvalue weighted by atomic mass is 16.5. The molecule has 1 unspecified atom stereocenters. The highest BCUT2D eigenvalue weighted by Crippen LogP contribution is 2.48. The summed E-state index contributed by atoms with van der Waals surface area (Å²) < 4.78 is 6.92. The fraction of sp³-hybridized carbons (Fsp3) is 0.333. The van der Waals surface area contributed by atoms with Crippen LogP contribution in [0.1, 0.15) is 104 Å². The zero-order chi connectivity index (χ0) is 41.2. The average molecular weight is 757 g/mol. The van der Waals surface area contributed by atoms with Crippen molar-refractivity contribution in [3.8, 4) is 5.75 Å². The Balaban J connectivity index is 1.54. The van der Waals surface area contributed by atoms with E-state index in [9.17, 15) is 0 Å². The molecule has 296 valence electrons. The van der Waals surface area contributed by atoms with E-state index in [2.05, 4.69) is 221 Å². The molecule has 1 atom stereocenters. The molecule has 0 aliphatic rings. The van der Waals surface area contributed by atoms with Gasteiger partial charge < -0.3 is 14.5 Å². The molecule has 0 N–H and O–H groups in total. The molecule has 6 rings (SSSR count). The van der Waals surface area contributed by atoms with Crippen LogP contribution in [-0.2, 0) is 6.61 Å². The van der Waals surface area contributed by atoms with Crippen molar-refractivity contribution in [1.82, 2.24) is 0 Å². The lowest BCUT2D eigenvalue weighted by Gasteiger charge is -2.36. The molecule has 6 aromatic carbocycles. The van der Waals surface area contributed by atoms with Gasteiger partial charge in [-0.3, -0.25) is 0 Å². The molecule has 0 bridgehead atoms. The van der Waals surface area contributed by atoms with Crippen molar-refractivity contribution in [2.75, 3.05) is 9.80 Å². The van der Waals surface area contributed by atoms with Crippen LogP contribution in [-0.4, -0.2) is 0 Å². The molecular formula is C54H64N2O. The van der Waals surface area contributed by atoms with Gasteiger partial charge in [-0.2, -0.15) is 0 Å². The molecule has 0 saturated carbocycles. The third kappa shape index (κ3) is 9.82. The van der Waals surface area contributed by atoms with Crippen molar-refractivity contribution in [3.63, 3.8) is 0 Å². The monoisotopic (exact) mass is 757 g/mol. The number of hydrogen-bond donors (Lipinski definition) is 0. The maximum absolute atomic E-state index is 6.92. The fourth-order valence-corrected chi connectivity index (χ4v) is 8.03. The summed E-state index contributed by atoms with van der Waals surface area (Å²) in [6, 6.07) is 44.8. The van der Waals surface area contributed by atoms with Gasteiger partial charge in [-0.15, -0.1) is 0 Å². The van der Waals surface area contributed by atoms with Crippen molar-refractivity contribution in [1.29, 1.82) is 0 Å². The minimum absolute atomic E-state index is 0.164. The molecule has 0 spiro atoms. The van der Waals surface area contributed by atoms with Gasteiger partial charge >= 0.3 is 0 Å². The zero-order valence-corrected chi connectivity index (χ0v) is 36.8. The van der Waals surface area contributed by atoms with Crippen LogP contribution in [0, 0.1) is 59.3 Å². The lowest BCUT2D eigenvalue weighted by molar-refractivity contribution is 0.229. The summed E-state index contributed by atoms with van der Waals surface area (Å²) in [6.07, 6.45) is 1.14. The van der Waals surface area contributed by atoms with Gasteiger partial charge in [0.1, 0.15) is 12.4 Å². The number of ether oxygens (including phenoxy) is 1. The largest absolute Gasteiger partial charge is 0.489 e. The number of benzene rings is 6. The standard InChI is InChI=1S/C54H64N2O/c1-36-16-14-18-45(28-36)55(49-30-38(3)20-22-40(49)5)51-32-47(57-35-43-24-26-44(27-25-43)48(54(11,12)13)34-53(8,9)10)33-52(42(51)7)56(46-19-15-17-37(2)29-46)50-31-39(4)21-23-41(50)6/h14-33,48H,34-35H2,1-13H3. The maximum Gasteiger partial charge on any atom is 0.124 e. The Morgan fingerprint density at radius 1 is 0.491 bits per heavy atom. The van der Waals surface area contributed by atoms with Crippen LogP contribution in [0.5, 0.6) is 5.75 Å². The Kier molecular flexibility index (Phi) is 12.1. The predicted octanol–water partition coefficient (Wildman–Crippen LogP) is 15.9. The van der Waals surface area contributed by atoms with Gasteiger partial charge in [-0.05, 0) is 158 Å². The van der Waals surface area contributed by atoms with E-state index in [1.54, 1.807) is 0 Å². The summed E-state index contributed by atoms with van der Waals surface area (Å²) in [5, 5.41) is 0. The smallest absolute Gasteiger partial charge is 0.124 e. The van der Waals surface area contributed by atoms with Gasteiger partial charge in [0.2, 0.25) is 0 Å². The molecule has 0 radical (unpaired) electrons. The lowest BCUT2D eigenvalue weighted by atomic mass is 9.69. The molecule has 0 aliphatic carbocycles. The van der Waals surface area contributed by atoms with Crippen molar-refractivity contribution >= 4 is 34.1 Å². The summed E-state index contributed by atoms with van der Waals surface area (Å²) in [5.41, 5.74) is 18.1. The number of rotatable bonds is 11. The molecule has 0 fully saturated rings. The molecule has 3 heteroatoms. The van der Waals surface area contributed by atoms with Crippen LogP contribution in [0.4, 0.5) is 34.1 Å². The molecule has 6 aromatic rings. The first-order chi connectivity index (χ1) is 26.9. The summed E-state index contributed by atoms with van der Waals surface area (Å²) in [5.74, 6) is 1.28. The Morgan fingerprint density at radius 3 is 1.37 bits per heavy atom. The van der Waals surface area contributed by atoms with Crippen molar-refractivity contribution < 1.29 is 4.74 Å². The summed E-state index contributed by atoms with van der Waals surface area (Å²) in [4.78, 5) is 4.85. The number of anilines is 6. The molecule has 0 aliphatic heterocycles. The average Bonchev–Trinajstić information content (AvgIpc) is 3.14. The number of hydrogen-bond acceptors (Lipinski definition) is 3. The van der Waals surface area contributed by atoms with E-state index < -0.39 is 0 Å². The second kappa shape index (κ2) is 16.7. The van der Waals surface area contributed by atoms with Gasteiger partial charge in [0.05, 0.1) is 11.4 Å². The predicted molar refractivity (Wildman–Crippen MR) is 246 cm³/mol. The van der Waals surface area contributed by atoms with Crippen LogP contribution >= 0.6 is 0 Å². The van der Waals surface area contributed by atoms with Gasteiger partial charge in [0.15, 0.2) is 0 Å². The molecule has 0 amide bonds. The molecule has 0 heterocycles. The highest BCUT2D eigenvalue weighted by molar-refractivity contribution is 5.89. The van der Waals surface area contributed by atoms with Crippen LogP contribution < -0.4 is 14.5 Å². The van der Waals surface area contributed by atoms with Gasteiger partial charge in [0.25, 0.3) is 0 Å². The first kappa shape index (κ1) is 41.4. The third-order valence-corrected chi connectivity index (χ3v) is 11.2. The third-order valence-electron chi connectivity index (χ3n) is 11.2. The van der Waals surface area contributed by atoms with Crippen LogP contribution in [0.3, 0.4) is 0 Å². The van der Waals surface area contributed by atoms with E-state index in [0.29, 0.717) is 12.5 Å². The first-order valence-electron chi connectivity index (χ1n) is 20.6. The zero-order valence-electron chi connectivity index (χ0n) is 36.8. The van der Waals surface area contributed by atoms with E-state index in [1.807, 2.05) is 0 Å². The normalized spacial score (nSPS) is 12.4. The SMILES string of the molecule is Cc1cccc(N(c2cc(C)ccc2C)c2cc(OCc3ccc(C(CC(C)(C)C)C(C)(C)C)cc3)cc(N(c3cccc(C)c3)c3cc(C)ccc3C)c2C)c1. The Labute approximate surface area is 344 Å². The number of aryl methyl sites for hydroxylation is 6. The van der Waals surface area contributed by atoms with E-state index in [0.717, 1.165) is 57.4 Å². The molecule has 0 saturated heterocycles. The highest BCUT2D eigenvalue weighted by Gasteiger charge is 2.30.